The lowest BCUT2D eigenvalue weighted by Crippen LogP contribution is -2.03. The van der Waals surface area contributed by atoms with Gasteiger partial charge in [0.05, 0.1) is 77.8 Å². The van der Waals surface area contributed by atoms with Crippen LogP contribution in [0.2, 0.25) is 0 Å². The van der Waals surface area contributed by atoms with Gasteiger partial charge in [-0.25, -0.2) is 24.9 Å². The lowest BCUT2D eigenvalue weighted by molar-refractivity contribution is 1.05. The summed E-state index contributed by atoms with van der Waals surface area (Å²) in [5.74, 6) is 2.15. The van der Waals surface area contributed by atoms with E-state index < -0.39 is 0 Å². The van der Waals surface area contributed by atoms with Gasteiger partial charge in [0.15, 0.2) is 11.6 Å². The van der Waals surface area contributed by atoms with Gasteiger partial charge in [-0.3, -0.25) is 19.1 Å². The van der Waals surface area contributed by atoms with Crippen LogP contribution in [0.25, 0.3) is 244 Å². The van der Waals surface area contributed by atoms with E-state index in [2.05, 4.69) is 393 Å². The van der Waals surface area contributed by atoms with Gasteiger partial charge >= 0.3 is 0 Å². The molecule has 0 aliphatic rings. The van der Waals surface area contributed by atoms with Crippen LogP contribution in [0.1, 0.15) is 0 Å². The molecule has 576 valence electrons. The minimum atomic E-state index is 0.612. The number of hydrogen-bond acceptors (Lipinski definition) is 7. The van der Waals surface area contributed by atoms with Crippen LogP contribution in [-0.4, -0.2) is 53.2 Å². The molecule has 0 amide bonds. The van der Waals surface area contributed by atoms with Gasteiger partial charge < -0.3 is 9.13 Å². The van der Waals surface area contributed by atoms with Gasteiger partial charge in [0, 0.05) is 112 Å². The van der Waals surface area contributed by atoms with Crippen LogP contribution < -0.4 is 0 Å². The Morgan fingerprint density at radius 1 is 0.194 bits per heavy atom. The molecule has 0 bridgehead atoms. The molecule has 0 aliphatic carbocycles. The maximum absolute atomic E-state index is 5.70. The van der Waals surface area contributed by atoms with E-state index in [4.69, 9.17) is 29.9 Å². The highest BCUT2D eigenvalue weighted by Gasteiger charge is 2.26. The Bertz CT molecular complexity index is 8630. The Hall–Kier alpha value is -16.9. The zero-order chi connectivity index (χ0) is 81.5. The molecule has 0 radical (unpaired) electrons. The van der Waals surface area contributed by atoms with Gasteiger partial charge in [-0.1, -0.05) is 279 Å². The van der Waals surface area contributed by atoms with Crippen molar-refractivity contribution in [1.29, 1.82) is 0 Å². The van der Waals surface area contributed by atoms with Crippen LogP contribution in [0, 0.1) is 0 Å². The van der Waals surface area contributed by atoms with Gasteiger partial charge in [-0.05, 0) is 171 Å². The molecule has 0 aliphatic heterocycles. The lowest BCUT2D eigenvalue weighted by atomic mass is 9.92. The SMILES string of the molecule is c1ccc(-c2cc(-c3ccccc3)cc(-n3c4ccncc4c4cnc(-c5ccc6c(c5)c5ccccc5n6-c5cc(-c6ccccc6)nc(-c6cccc7c(-c8cc(-c9cccc(-n%10c%11ccccc%11c%11cc(-c%12ccc%13c%14ccccc%14n(-c%14nc%15ccccc%15nc%14-c%14ccccc%14)c%13c%12)ccc%11%10)c9)nc9ccccc89)cccc67)n5)cc43)c2)cc1. The lowest BCUT2D eigenvalue weighted by Gasteiger charge is -2.16. The molecule has 0 atom stereocenters. The van der Waals surface area contributed by atoms with E-state index in [-0.39, 0.29) is 0 Å². The number of hydrogen-bond donors (Lipinski definition) is 0. The molecule has 25 aromatic rings. The minimum absolute atomic E-state index is 0.612. The van der Waals surface area contributed by atoms with Gasteiger partial charge in [0.1, 0.15) is 11.5 Å². The van der Waals surface area contributed by atoms with E-state index in [0.29, 0.717) is 5.82 Å². The molecule has 16 aromatic carbocycles. The predicted molar refractivity (Wildman–Crippen MR) is 510 cm³/mol. The number of nitrogens with zero attached hydrogens (tertiary/aromatic N) is 11. The fraction of sp³-hybridized carbons (Fsp3) is 0. The van der Waals surface area contributed by atoms with E-state index in [1.807, 2.05) is 48.9 Å². The van der Waals surface area contributed by atoms with Crippen LogP contribution in [0.3, 0.4) is 0 Å². The number of rotatable bonds is 13. The number of fused-ring (bicyclic) bond motifs is 15. The molecule has 0 saturated heterocycles. The summed E-state index contributed by atoms with van der Waals surface area (Å²) in [6, 6.07) is 143. The quantitative estimate of drug-likeness (QED) is 0.113. The number of benzene rings is 16. The van der Waals surface area contributed by atoms with Crippen LogP contribution >= 0.6 is 0 Å². The van der Waals surface area contributed by atoms with Gasteiger partial charge in [0.2, 0.25) is 0 Å². The molecule has 9 aromatic heterocycles. The van der Waals surface area contributed by atoms with E-state index >= 15 is 0 Å². The molecule has 11 nitrogen and oxygen atoms in total. The molecule has 9 heterocycles. The summed E-state index contributed by atoms with van der Waals surface area (Å²) in [6.45, 7) is 0. The molecular formula is C113H69N11. The van der Waals surface area contributed by atoms with Crippen molar-refractivity contribution >= 4 is 120 Å². The van der Waals surface area contributed by atoms with Crippen molar-refractivity contribution in [3.63, 3.8) is 0 Å². The molecule has 0 spiro atoms. The van der Waals surface area contributed by atoms with Crippen LogP contribution in [-0.2, 0) is 0 Å². The third-order valence-electron chi connectivity index (χ3n) is 24.9. The van der Waals surface area contributed by atoms with E-state index in [1.165, 1.54) is 0 Å². The van der Waals surface area contributed by atoms with Crippen molar-refractivity contribution in [1.82, 2.24) is 53.2 Å². The first-order valence-corrected chi connectivity index (χ1v) is 41.9. The summed E-state index contributed by atoms with van der Waals surface area (Å²) >= 11 is 0. The van der Waals surface area contributed by atoms with Gasteiger partial charge in [-0.2, -0.15) is 0 Å². The van der Waals surface area contributed by atoms with Crippen molar-refractivity contribution in [3.05, 3.63) is 419 Å². The molecule has 0 fully saturated rings. The van der Waals surface area contributed by atoms with E-state index in [9.17, 15) is 0 Å². The van der Waals surface area contributed by atoms with E-state index in [1.54, 1.807) is 0 Å². The second-order valence-electron chi connectivity index (χ2n) is 31.9. The van der Waals surface area contributed by atoms with Gasteiger partial charge in [0.25, 0.3) is 0 Å². The maximum atomic E-state index is 5.70. The predicted octanol–water partition coefficient (Wildman–Crippen LogP) is 28.3. The topological polar surface area (TPSA) is 110 Å². The Morgan fingerprint density at radius 2 is 0.669 bits per heavy atom. The highest BCUT2D eigenvalue weighted by atomic mass is 15.1. The first-order valence-electron chi connectivity index (χ1n) is 41.9. The average molecular weight is 1580 g/mol. The van der Waals surface area contributed by atoms with Crippen molar-refractivity contribution in [3.8, 4) is 124 Å². The molecule has 25 rings (SSSR count). The highest BCUT2D eigenvalue weighted by molar-refractivity contribution is 6.16. The Kier molecular flexibility index (Phi) is 16.1. The average Bonchev–Trinajstić information content (AvgIpc) is 1.58. The van der Waals surface area contributed by atoms with Crippen LogP contribution in [0.4, 0.5) is 0 Å². The first-order chi connectivity index (χ1) is 61.5. The Balaban J connectivity index is 0.585. The summed E-state index contributed by atoms with van der Waals surface area (Å²) in [5, 5.41) is 12.0. The minimum Gasteiger partial charge on any atom is -0.309 e. The molecule has 11 heteroatoms. The first kappa shape index (κ1) is 70.2. The van der Waals surface area contributed by atoms with Crippen molar-refractivity contribution in [2.75, 3.05) is 0 Å². The fourth-order valence-electron chi connectivity index (χ4n) is 19.2. The van der Waals surface area contributed by atoms with Gasteiger partial charge in [-0.15, -0.1) is 0 Å². The summed E-state index contributed by atoms with van der Waals surface area (Å²) in [5.41, 5.74) is 30.3. The smallest absolute Gasteiger partial charge is 0.165 e. The normalized spacial score (nSPS) is 11.9. The third kappa shape index (κ3) is 11.5. The summed E-state index contributed by atoms with van der Waals surface area (Å²) in [7, 11) is 0. The zero-order valence-electron chi connectivity index (χ0n) is 66.8. The van der Waals surface area contributed by atoms with Crippen LogP contribution in [0.15, 0.2) is 419 Å². The summed E-state index contributed by atoms with van der Waals surface area (Å²) in [6.07, 6.45) is 5.87. The molecular weight excluding hydrogens is 1510 g/mol. The Morgan fingerprint density at radius 3 is 1.39 bits per heavy atom. The van der Waals surface area contributed by atoms with Crippen molar-refractivity contribution in [2.24, 2.45) is 0 Å². The summed E-state index contributed by atoms with van der Waals surface area (Å²) in [4.78, 5) is 37.4. The fourth-order valence-corrected chi connectivity index (χ4v) is 19.2. The zero-order valence-corrected chi connectivity index (χ0v) is 66.8. The van der Waals surface area contributed by atoms with Crippen LogP contribution in [0.5, 0.6) is 0 Å². The highest BCUT2D eigenvalue weighted by Crippen LogP contribution is 2.46. The third-order valence-corrected chi connectivity index (χ3v) is 24.9. The van der Waals surface area contributed by atoms with Crippen molar-refractivity contribution < 1.29 is 0 Å². The molecule has 124 heavy (non-hydrogen) atoms. The largest absolute Gasteiger partial charge is 0.309 e. The Labute approximate surface area is 711 Å². The van der Waals surface area contributed by atoms with E-state index in [0.717, 1.165) is 238 Å². The molecule has 0 N–H and O–H groups in total. The number of para-hydroxylation sites is 6. The monoisotopic (exact) mass is 1580 g/mol. The van der Waals surface area contributed by atoms with Crippen molar-refractivity contribution in [2.45, 2.75) is 0 Å². The standard InChI is InChI=1S/C113H69N11/c1-5-26-70(27-6-1)78-58-79(71-28-7-2-8-29-71)61-81(60-78)122-107-56-57-114-68-94(107)95-69-115-99(66-109(95)122)77-52-55-106-93(63-77)88-39-16-21-48-103(88)123(106)110-67-101(72-30-9-3-10-31-72)118-112(120-110)90-43-25-40-82-83(90)41-24-42-84(82)91-65-100(116-96-44-17-13-36-85(91)96)76-34-23-35-80(59-76)121-102-47-20-15-38-87(102)92-62-74(51-54-105(92)121)75-50-53-89-86-37-14-22-49-104(86)124(108(89)64-75)113-111(73-32-11-4-12-33-73)117-97-45-18-19-46-98(97)119-113/h1-69H. The molecule has 0 saturated carbocycles. The molecule has 0 unspecified atom stereocenters. The second-order valence-corrected chi connectivity index (χ2v) is 31.9. The number of aromatic nitrogens is 11. The maximum Gasteiger partial charge on any atom is 0.165 e. The second kappa shape index (κ2) is 28.4. The number of pyridine rings is 3. The summed E-state index contributed by atoms with van der Waals surface area (Å²) < 4.78 is 9.40.